The number of amides is 1. The molecule has 0 saturated heterocycles. The summed E-state index contributed by atoms with van der Waals surface area (Å²) >= 11 is 0. The first-order valence-electron chi connectivity index (χ1n) is 11.3. The number of carbonyl (C=O) groups is 2. The fourth-order valence-electron chi connectivity index (χ4n) is 4.65. The predicted octanol–water partition coefficient (Wildman–Crippen LogP) is 4.77. The number of hydrogen-bond acceptors (Lipinski definition) is 5. The van der Waals surface area contributed by atoms with Gasteiger partial charge in [-0.1, -0.05) is 12.1 Å². The van der Waals surface area contributed by atoms with Gasteiger partial charge in [0, 0.05) is 36.1 Å². The number of nitrogens with one attached hydrogen (secondary N) is 1. The lowest BCUT2D eigenvalue weighted by Gasteiger charge is -2.39. The maximum atomic E-state index is 14.8. The van der Waals surface area contributed by atoms with E-state index in [1.165, 1.54) is 35.0 Å². The van der Waals surface area contributed by atoms with Gasteiger partial charge in [-0.15, -0.1) is 13.2 Å². The zero-order valence-corrected chi connectivity index (χ0v) is 19.7. The number of aromatic nitrogens is 2. The van der Waals surface area contributed by atoms with Gasteiger partial charge in [0.1, 0.15) is 22.7 Å². The van der Waals surface area contributed by atoms with Crippen LogP contribution < -0.4 is 14.8 Å². The van der Waals surface area contributed by atoms with Crippen molar-refractivity contribution in [2.45, 2.75) is 18.3 Å². The number of aryl methyl sites for hydroxylation is 1. The van der Waals surface area contributed by atoms with Gasteiger partial charge in [-0.3, -0.25) is 9.78 Å². The Kier molecular flexibility index (Phi) is 5.97. The first-order chi connectivity index (χ1) is 18.0. The van der Waals surface area contributed by atoms with Crippen LogP contribution in [0.15, 0.2) is 60.8 Å². The molecular weight excluding hydrogens is 510 g/mol. The second-order valence-electron chi connectivity index (χ2n) is 8.67. The Morgan fingerprint density at radius 3 is 2.66 bits per heavy atom. The molecule has 38 heavy (non-hydrogen) atoms. The summed E-state index contributed by atoms with van der Waals surface area (Å²) < 4.78 is 63.7. The highest BCUT2D eigenvalue weighted by atomic mass is 19.4. The minimum atomic E-state index is -5.09. The van der Waals surface area contributed by atoms with Crippen LogP contribution in [0.2, 0.25) is 0 Å². The molecule has 1 aliphatic heterocycles. The molecule has 12 heteroatoms. The van der Waals surface area contributed by atoms with Crippen LogP contribution in [0.1, 0.15) is 38.5 Å². The standard InChI is InChI=1S/C26H19F4N3O5/c1-33-18-12-15(5-4-14(18)11-19(33)24(35)36)23(34)32-25(8-10-37-21-3-2-9-31-22(21)25)16-6-7-20(17(27)13-16)38-26(28,29)30/h2-7,9,11-13H,8,10H2,1H3,(H,32,34)(H,35,36)/t25-/m0/s1. The van der Waals surface area contributed by atoms with E-state index in [1.807, 2.05) is 0 Å². The number of halogens is 4. The van der Waals surface area contributed by atoms with Gasteiger partial charge in [-0.05, 0) is 48.0 Å². The van der Waals surface area contributed by atoms with Crippen molar-refractivity contribution in [2.24, 2.45) is 7.05 Å². The molecule has 0 aliphatic carbocycles. The van der Waals surface area contributed by atoms with Gasteiger partial charge in [-0.25, -0.2) is 9.18 Å². The van der Waals surface area contributed by atoms with E-state index < -0.39 is 35.3 Å². The Balaban J connectivity index is 1.59. The summed E-state index contributed by atoms with van der Waals surface area (Å²) in [6, 6.07) is 12.3. The highest BCUT2D eigenvalue weighted by Gasteiger charge is 2.43. The third-order valence-corrected chi connectivity index (χ3v) is 6.41. The number of alkyl halides is 3. The van der Waals surface area contributed by atoms with Crippen molar-refractivity contribution in [2.75, 3.05) is 6.61 Å². The Labute approximate surface area is 212 Å². The number of carboxylic acid groups (broad SMARTS) is 1. The fourth-order valence-corrected chi connectivity index (χ4v) is 4.65. The number of rotatable bonds is 5. The van der Waals surface area contributed by atoms with E-state index in [9.17, 15) is 32.3 Å². The Hall–Kier alpha value is -4.61. The summed E-state index contributed by atoms with van der Waals surface area (Å²) in [5, 5.41) is 12.9. The minimum Gasteiger partial charge on any atom is -0.491 e. The van der Waals surface area contributed by atoms with E-state index >= 15 is 0 Å². The Morgan fingerprint density at radius 2 is 1.95 bits per heavy atom. The number of carbonyl (C=O) groups excluding carboxylic acids is 1. The molecule has 0 saturated carbocycles. The summed E-state index contributed by atoms with van der Waals surface area (Å²) in [7, 11) is 1.56. The fraction of sp³-hybridized carbons (Fsp3) is 0.192. The molecule has 0 radical (unpaired) electrons. The molecule has 196 valence electrons. The molecule has 4 aromatic rings. The Bertz CT molecular complexity index is 1580. The van der Waals surface area contributed by atoms with Crippen molar-refractivity contribution < 1.29 is 41.7 Å². The number of carboxylic acids is 1. The number of nitrogens with zero attached hydrogens (tertiary/aromatic N) is 2. The van der Waals surface area contributed by atoms with Crippen molar-refractivity contribution in [3.05, 3.63) is 89.1 Å². The summed E-state index contributed by atoms with van der Waals surface area (Å²) in [5.41, 5.74) is -0.372. The number of pyridine rings is 1. The van der Waals surface area contributed by atoms with Crippen molar-refractivity contribution in [3.8, 4) is 11.5 Å². The molecule has 2 aromatic carbocycles. The SMILES string of the molecule is Cn1c(C(=O)O)cc2ccc(C(=O)N[C@]3(c4ccc(OC(F)(F)F)c(F)c4)CCOc4cccnc43)cc21. The van der Waals surface area contributed by atoms with Crippen molar-refractivity contribution in [1.82, 2.24) is 14.9 Å². The highest BCUT2D eigenvalue weighted by Crippen LogP contribution is 2.42. The van der Waals surface area contributed by atoms with Gasteiger partial charge in [0.15, 0.2) is 11.6 Å². The van der Waals surface area contributed by atoms with Crippen LogP contribution in [0.4, 0.5) is 17.6 Å². The number of fused-ring (bicyclic) bond motifs is 2. The summed E-state index contributed by atoms with van der Waals surface area (Å²) in [4.78, 5) is 29.4. The molecule has 0 fully saturated rings. The summed E-state index contributed by atoms with van der Waals surface area (Å²) in [6.07, 6.45) is -3.54. The maximum Gasteiger partial charge on any atom is 0.573 e. The van der Waals surface area contributed by atoms with Gasteiger partial charge in [0.2, 0.25) is 0 Å². The van der Waals surface area contributed by atoms with E-state index in [0.717, 1.165) is 12.1 Å². The highest BCUT2D eigenvalue weighted by molar-refractivity contribution is 6.01. The van der Waals surface area contributed by atoms with Crippen LogP contribution in [0.3, 0.4) is 0 Å². The van der Waals surface area contributed by atoms with Crippen LogP contribution in [0.25, 0.3) is 10.9 Å². The second-order valence-corrected chi connectivity index (χ2v) is 8.67. The van der Waals surface area contributed by atoms with Crippen LogP contribution in [0, 0.1) is 5.82 Å². The van der Waals surface area contributed by atoms with E-state index in [4.69, 9.17) is 4.74 Å². The van der Waals surface area contributed by atoms with Crippen LogP contribution in [0.5, 0.6) is 11.5 Å². The zero-order valence-electron chi connectivity index (χ0n) is 19.7. The molecule has 3 heterocycles. The predicted molar refractivity (Wildman–Crippen MR) is 126 cm³/mol. The van der Waals surface area contributed by atoms with Crippen LogP contribution in [-0.4, -0.2) is 39.5 Å². The molecule has 1 aliphatic rings. The average Bonchev–Trinajstić information content (AvgIpc) is 3.20. The first kappa shape index (κ1) is 25.1. The molecular formula is C26H19F4N3O5. The molecule has 8 nitrogen and oxygen atoms in total. The van der Waals surface area contributed by atoms with Gasteiger partial charge in [-0.2, -0.15) is 0 Å². The van der Waals surface area contributed by atoms with E-state index in [1.54, 1.807) is 25.2 Å². The smallest absolute Gasteiger partial charge is 0.491 e. The largest absolute Gasteiger partial charge is 0.573 e. The van der Waals surface area contributed by atoms with E-state index in [0.29, 0.717) is 16.7 Å². The second kappa shape index (κ2) is 9.05. The van der Waals surface area contributed by atoms with Crippen LogP contribution in [-0.2, 0) is 12.6 Å². The topological polar surface area (TPSA) is 103 Å². The number of aromatic carboxylic acids is 1. The normalized spacial score (nSPS) is 17.0. The molecule has 0 spiro atoms. The molecule has 1 amide bonds. The molecule has 0 unspecified atom stereocenters. The quantitative estimate of drug-likeness (QED) is 0.362. The van der Waals surface area contributed by atoms with E-state index in [2.05, 4.69) is 15.0 Å². The van der Waals surface area contributed by atoms with Gasteiger partial charge in [0.05, 0.1) is 6.61 Å². The average molecular weight is 529 g/mol. The lowest BCUT2D eigenvalue weighted by Crippen LogP contribution is -2.50. The number of hydrogen-bond donors (Lipinski definition) is 2. The summed E-state index contributed by atoms with van der Waals surface area (Å²) in [5.74, 6) is -3.69. The molecule has 0 bridgehead atoms. The van der Waals surface area contributed by atoms with Crippen molar-refractivity contribution >= 4 is 22.8 Å². The zero-order chi connectivity index (χ0) is 27.2. The van der Waals surface area contributed by atoms with Crippen molar-refractivity contribution in [1.29, 1.82) is 0 Å². The molecule has 1 atom stereocenters. The lowest BCUT2D eigenvalue weighted by molar-refractivity contribution is -0.275. The van der Waals surface area contributed by atoms with Gasteiger partial charge >= 0.3 is 12.3 Å². The minimum absolute atomic E-state index is 0.0354. The Morgan fingerprint density at radius 1 is 1.16 bits per heavy atom. The van der Waals surface area contributed by atoms with Gasteiger partial charge in [0.25, 0.3) is 5.91 Å². The molecule has 2 N–H and O–H groups in total. The van der Waals surface area contributed by atoms with Gasteiger partial charge < -0.3 is 24.5 Å². The lowest BCUT2D eigenvalue weighted by atomic mass is 9.81. The van der Waals surface area contributed by atoms with E-state index in [-0.39, 0.29) is 35.5 Å². The molecule has 2 aromatic heterocycles. The summed E-state index contributed by atoms with van der Waals surface area (Å²) in [6.45, 7) is 0.0974. The third-order valence-electron chi connectivity index (χ3n) is 6.41. The van der Waals surface area contributed by atoms with Crippen molar-refractivity contribution in [3.63, 3.8) is 0 Å². The first-order valence-corrected chi connectivity index (χ1v) is 11.3. The number of ether oxygens (including phenoxy) is 2. The molecule has 5 rings (SSSR count). The van der Waals surface area contributed by atoms with Crippen LogP contribution >= 0.6 is 0 Å². The third kappa shape index (κ3) is 4.38. The maximum absolute atomic E-state index is 14.8. The number of benzene rings is 2. The monoisotopic (exact) mass is 529 g/mol.